The minimum atomic E-state index is 0.155. The molecule has 0 aliphatic carbocycles. The topological polar surface area (TPSA) is 34.9 Å². The first-order chi connectivity index (χ1) is 7.15. The van der Waals surface area contributed by atoms with Gasteiger partial charge in [0.2, 0.25) is 0 Å². The van der Waals surface area contributed by atoms with Crippen LogP contribution in [-0.4, -0.2) is 15.6 Å². The zero-order valence-electron chi connectivity index (χ0n) is 8.11. The van der Waals surface area contributed by atoms with Gasteiger partial charge in [0.15, 0.2) is 5.78 Å². The summed E-state index contributed by atoms with van der Waals surface area (Å²) in [5.41, 5.74) is 1.76. The Morgan fingerprint density at radius 3 is 3.00 bits per heavy atom. The molecule has 0 aliphatic heterocycles. The molecule has 0 aliphatic rings. The Bertz CT molecular complexity index is 489. The highest BCUT2D eigenvalue weighted by atomic mass is 127. The first kappa shape index (κ1) is 10.8. The van der Waals surface area contributed by atoms with Gasteiger partial charge in [0.05, 0.1) is 9.08 Å². The molecule has 2 aromatic heterocycles. The fourth-order valence-corrected chi connectivity index (χ4v) is 2.66. The highest BCUT2D eigenvalue weighted by Gasteiger charge is 2.09. The summed E-state index contributed by atoms with van der Waals surface area (Å²) in [5, 5.41) is 5.94. The maximum absolute atomic E-state index is 11.8. The summed E-state index contributed by atoms with van der Waals surface area (Å²) in [6, 6.07) is 1.92. The number of halogens is 1. The normalized spacial score (nSPS) is 10.5. The smallest absolute Gasteiger partial charge is 0.168 e. The third kappa shape index (κ3) is 2.66. The third-order valence-electron chi connectivity index (χ3n) is 2.01. The van der Waals surface area contributed by atoms with Gasteiger partial charge in [-0.1, -0.05) is 0 Å². The Hall–Kier alpha value is -0.690. The predicted molar refractivity (Wildman–Crippen MR) is 68.3 cm³/mol. The molecule has 0 fully saturated rings. The highest BCUT2D eigenvalue weighted by molar-refractivity contribution is 14.1. The number of thiophene rings is 1. The van der Waals surface area contributed by atoms with E-state index in [1.165, 1.54) is 0 Å². The maximum atomic E-state index is 11.8. The van der Waals surface area contributed by atoms with Crippen LogP contribution in [0.5, 0.6) is 0 Å². The Balaban J connectivity index is 2.10. The minimum Gasteiger partial charge on any atom is -0.294 e. The van der Waals surface area contributed by atoms with Crippen LogP contribution in [0.25, 0.3) is 0 Å². The van der Waals surface area contributed by atoms with Crippen molar-refractivity contribution in [2.45, 2.75) is 6.42 Å². The van der Waals surface area contributed by atoms with E-state index in [1.807, 2.05) is 24.7 Å². The summed E-state index contributed by atoms with van der Waals surface area (Å²) in [5.74, 6) is 0.155. The standard InChI is InChI=1S/C10H9IN2OS/c1-13-5-7(4-12-13)2-9(14)8-3-10(11)15-6-8/h3-6H,2H2,1H3. The highest BCUT2D eigenvalue weighted by Crippen LogP contribution is 2.18. The molecule has 78 valence electrons. The van der Waals surface area contributed by atoms with Gasteiger partial charge < -0.3 is 0 Å². The van der Waals surface area contributed by atoms with Crippen molar-refractivity contribution < 1.29 is 4.79 Å². The average Bonchev–Trinajstić information content (AvgIpc) is 2.75. The second-order valence-corrected chi connectivity index (χ2v) is 6.07. The van der Waals surface area contributed by atoms with Gasteiger partial charge in [-0.3, -0.25) is 9.48 Å². The summed E-state index contributed by atoms with van der Waals surface area (Å²) < 4.78 is 2.85. The van der Waals surface area contributed by atoms with Gasteiger partial charge in [-0.2, -0.15) is 5.10 Å². The quantitative estimate of drug-likeness (QED) is 0.639. The number of ketones is 1. The first-order valence-electron chi connectivity index (χ1n) is 4.40. The lowest BCUT2D eigenvalue weighted by molar-refractivity contribution is 0.0993. The molecule has 0 aromatic carbocycles. The van der Waals surface area contributed by atoms with Crippen molar-refractivity contribution in [3.63, 3.8) is 0 Å². The summed E-state index contributed by atoms with van der Waals surface area (Å²) in [6.07, 6.45) is 4.03. The summed E-state index contributed by atoms with van der Waals surface area (Å²) in [4.78, 5) is 11.8. The van der Waals surface area contributed by atoms with E-state index in [2.05, 4.69) is 27.7 Å². The molecule has 0 N–H and O–H groups in total. The van der Waals surface area contributed by atoms with Crippen LogP contribution in [0.3, 0.4) is 0 Å². The number of carbonyl (C=O) groups excluding carboxylic acids is 1. The molecule has 5 heteroatoms. The monoisotopic (exact) mass is 332 g/mol. The van der Waals surface area contributed by atoms with Gasteiger partial charge in [0, 0.05) is 30.6 Å². The SMILES string of the molecule is Cn1cc(CC(=O)c2csc(I)c2)cn1. The van der Waals surface area contributed by atoms with Crippen molar-refractivity contribution in [2.24, 2.45) is 7.05 Å². The number of rotatable bonds is 3. The number of Topliss-reactive ketones (excluding diaryl/α,β-unsaturated/α-hetero) is 1. The van der Waals surface area contributed by atoms with Gasteiger partial charge in [0.1, 0.15) is 0 Å². The molecule has 0 bridgehead atoms. The fourth-order valence-electron chi connectivity index (χ4n) is 1.31. The molecule has 0 saturated heterocycles. The number of carbonyl (C=O) groups is 1. The van der Waals surface area contributed by atoms with Crippen molar-refractivity contribution in [1.29, 1.82) is 0 Å². The fraction of sp³-hybridized carbons (Fsp3) is 0.200. The van der Waals surface area contributed by atoms with E-state index in [1.54, 1.807) is 22.2 Å². The summed E-state index contributed by atoms with van der Waals surface area (Å²) >= 11 is 3.81. The van der Waals surface area contributed by atoms with E-state index in [0.29, 0.717) is 6.42 Å². The Labute approximate surface area is 105 Å². The van der Waals surface area contributed by atoms with Crippen LogP contribution in [0.15, 0.2) is 23.8 Å². The molecule has 15 heavy (non-hydrogen) atoms. The number of nitrogens with zero attached hydrogens (tertiary/aromatic N) is 2. The molecule has 0 unspecified atom stereocenters. The molecular formula is C10H9IN2OS. The van der Waals surface area contributed by atoms with Crippen LogP contribution in [0.1, 0.15) is 15.9 Å². The van der Waals surface area contributed by atoms with Gasteiger partial charge in [-0.05, 0) is 34.2 Å². The predicted octanol–water partition coefficient (Wildman–Crippen LogP) is 2.51. The van der Waals surface area contributed by atoms with E-state index < -0.39 is 0 Å². The Morgan fingerprint density at radius 1 is 1.67 bits per heavy atom. The summed E-state index contributed by atoms with van der Waals surface area (Å²) in [7, 11) is 1.85. The molecule has 0 saturated carbocycles. The molecule has 0 atom stereocenters. The van der Waals surface area contributed by atoms with Crippen molar-refractivity contribution in [2.75, 3.05) is 0 Å². The van der Waals surface area contributed by atoms with Crippen LogP contribution in [0, 0.1) is 2.88 Å². The molecule has 2 rings (SSSR count). The van der Waals surface area contributed by atoms with Crippen LogP contribution >= 0.6 is 33.9 Å². The molecule has 2 aromatic rings. The number of hydrogen-bond acceptors (Lipinski definition) is 3. The van der Waals surface area contributed by atoms with Crippen molar-refractivity contribution in [3.05, 3.63) is 37.9 Å². The van der Waals surface area contributed by atoms with Gasteiger partial charge in [0.25, 0.3) is 0 Å². The van der Waals surface area contributed by atoms with E-state index in [9.17, 15) is 4.79 Å². The van der Waals surface area contributed by atoms with Crippen molar-refractivity contribution in [3.8, 4) is 0 Å². The van der Waals surface area contributed by atoms with Gasteiger partial charge in [-0.25, -0.2) is 0 Å². The lowest BCUT2D eigenvalue weighted by Gasteiger charge is -1.93. The molecule has 0 radical (unpaired) electrons. The summed E-state index contributed by atoms with van der Waals surface area (Å²) in [6.45, 7) is 0. The zero-order chi connectivity index (χ0) is 10.8. The van der Waals surface area contributed by atoms with Gasteiger partial charge >= 0.3 is 0 Å². The average molecular weight is 332 g/mol. The van der Waals surface area contributed by atoms with E-state index in [-0.39, 0.29) is 5.78 Å². The molecule has 0 amide bonds. The molecule has 3 nitrogen and oxygen atoms in total. The molecule has 2 heterocycles. The van der Waals surface area contributed by atoms with Crippen LogP contribution in [0.4, 0.5) is 0 Å². The molecule has 0 spiro atoms. The minimum absolute atomic E-state index is 0.155. The number of hydrogen-bond donors (Lipinski definition) is 0. The second kappa shape index (κ2) is 4.44. The van der Waals surface area contributed by atoms with Crippen LogP contribution < -0.4 is 0 Å². The van der Waals surface area contributed by atoms with Crippen molar-refractivity contribution >= 4 is 39.7 Å². The lowest BCUT2D eigenvalue weighted by atomic mass is 10.1. The first-order valence-corrected chi connectivity index (χ1v) is 6.36. The number of aryl methyl sites for hydroxylation is 1. The Kier molecular flexibility index (Phi) is 3.20. The largest absolute Gasteiger partial charge is 0.294 e. The Morgan fingerprint density at radius 2 is 2.47 bits per heavy atom. The van der Waals surface area contributed by atoms with Crippen LogP contribution in [0.2, 0.25) is 0 Å². The second-order valence-electron chi connectivity index (χ2n) is 3.26. The van der Waals surface area contributed by atoms with Crippen molar-refractivity contribution in [1.82, 2.24) is 9.78 Å². The van der Waals surface area contributed by atoms with E-state index in [4.69, 9.17) is 0 Å². The third-order valence-corrected chi connectivity index (χ3v) is 3.80. The maximum Gasteiger partial charge on any atom is 0.168 e. The van der Waals surface area contributed by atoms with E-state index in [0.717, 1.165) is 14.0 Å². The lowest BCUT2D eigenvalue weighted by Crippen LogP contribution is -2.01. The van der Waals surface area contributed by atoms with E-state index >= 15 is 0 Å². The van der Waals surface area contributed by atoms with Gasteiger partial charge in [-0.15, -0.1) is 11.3 Å². The van der Waals surface area contributed by atoms with Crippen LogP contribution in [-0.2, 0) is 13.5 Å². The zero-order valence-corrected chi connectivity index (χ0v) is 11.1. The molecular weight excluding hydrogens is 323 g/mol. The number of aromatic nitrogens is 2.